The van der Waals surface area contributed by atoms with Crippen molar-refractivity contribution in [2.75, 3.05) is 11.9 Å². The number of anilines is 1. The number of rotatable bonds is 4. The molecule has 26 heavy (non-hydrogen) atoms. The molecule has 1 aliphatic rings. The fraction of sp³-hybridized carbons (Fsp3) is 0.250. The third-order valence-electron chi connectivity index (χ3n) is 4.68. The van der Waals surface area contributed by atoms with Crippen molar-refractivity contribution >= 4 is 39.7 Å². The highest BCUT2D eigenvalue weighted by molar-refractivity contribution is 7.10. The topological polar surface area (TPSA) is 62.3 Å². The molecule has 3 heterocycles. The minimum absolute atomic E-state index is 0.0182. The molecule has 1 atom stereocenters. The van der Waals surface area contributed by atoms with Crippen molar-refractivity contribution in [1.29, 1.82) is 0 Å². The van der Waals surface area contributed by atoms with Crippen LogP contribution in [0.5, 0.6) is 0 Å². The zero-order chi connectivity index (χ0) is 17.9. The van der Waals surface area contributed by atoms with E-state index in [9.17, 15) is 9.59 Å². The molecule has 1 unspecified atom stereocenters. The Labute approximate surface area is 155 Å². The summed E-state index contributed by atoms with van der Waals surface area (Å²) in [6.45, 7) is 0.638. The van der Waals surface area contributed by atoms with Gasteiger partial charge in [-0.1, -0.05) is 12.1 Å². The Bertz CT molecular complexity index is 934. The average molecular weight is 365 g/mol. The smallest absolute Gasteiger partial charge is 0.247 e. The number of fused-ring (bicyclic) bond motifs is 1. The molecule has 2 aromatic heterocycles. The Morgan fingerprint density at radius 3 is 2.96 bits per heavy atom. The largest absolute Gasteiger partial charge is 0.330 e. The number of nitrogens with zero attached hydrogens (tertiary/aromatic N) is 2. The number of likely N-dealkylation sites (tertiary alicyclic amines) is 1. The molecule has 2 amide bonds. The second-order valence-electron chi connectivity index (χ2n) is 6.37. The van der Waals surface area contributed by atoms with E-state index in [1.54, 1.807) is 22.4 Å². The van der Waals surface area contributed by atoms with Gasteiger partial charge in [0.05, 0.1) is 17.6 Å². The molecule has 0 radical (unpaired) electrons. The number of benzene rings is 1. The quantitative estimate of drug-likeness (QED) is 0.770. The molecule has 1 saturated heterocycles. The number of aromatic nitrogens is 1. The van der Waals surface area contributed by atoms with Crippen LogP contribution in [0.4, 0.5) is 5.69 Å². The maximum Gasteiger partial charge on any atom is 0.247 e. The highest BCUT2D eigenvalue weighted by atomic mass is 32.1. The molecule has 0 saturated carbocycles. The molecule has 1 fully saturated rings. The normalized spacial score (nSPS) is 16.8. The van der Waals surface area contributed by atoms with Gasteiger partial charge in [-0.3, -0.25) is 14.6 Å². The lowest BCUT2D eigenvalue weighted by atomic mass is 10.1. The van der Waals surface area contributed by atoms with Gasteiger partial charge in [0.15, 0.2) is 0 Å². The van der Waals surface area contributed by atoms with Crippen LogP contribution in [0.2, 0.25) is 0 Å². The van der Waals surface area contributed by atoms with Gasteiger partial charge in [-0.15, -0.1) is 11.3 Å². The number of carbonyl (C=O) groups excluding carboxylic acids is 2. The lowest BCUT2D eigenvalue weighted by Gasteiger charge is -2.24. The third-order valence-corrected chi connectivity index (χ3v) is 5.56. The lowest BCUT2D eigenvalue weighted by molar-refractivity contribution is -0.136. The second-order valence-corrected chi connectivity index (χ2v) is 7.40. The molecule has 1 aliphatic heterocycles. The SMILES string of the molecule is O=C(Nc1cccc2ncccc12)C1CCCN1C(=O)Cc1cccs1. The van der Waals surface area contributed by atoms with E-state index in [2.05, 4.69) is 10.3 Å². The maximum absolute atomic E-state index is 12.9. The summed E-state index contributed by atoms with van der Waals surface area (Å²) in [6.07, 6.45) is 3.64. The Hall–Kier alpha value is -2.73. The van der Waals surface area contributed by atoms with E-state index in [0.29, 0.717) is 19.4 Å². The number of thiophene rings is 1. The van der Waals surface area contributed by atoms with Gasteiger partial charge in [-0.05, 0) is 48.6 Å². The molecule has 0 aliphatic carbocycles. The van der Waals surface area contributed by atoms with Crippen LogP contribution in [-0.4, -0.2) is 34.3 Å². The van der Waals surface area contributed by atoms with Gasteiger partial charge in [0.2, 0.25) is 11.8 Å². The first-order valence-corrected chi connectivity index (χ1v) is 9.57. The van der Waals surface area contributed by atoms with E-state index in [-0.39, 0.29) is 11.8 Å². The number of pyridine rings is 1. The van der Waals surface area contributed by atoms with Crippen molar-refractivity contribution in [2.45, 2.75) is 25.3 Å². The number of amides is 2. The predicted molar refractivity (Wildman–Crippen MR) is 103 cm³/mol. The summed E-state index contributed by atoms with van der Waals surface area (Å²) in [5, 5.41) is 5.86. The first kappa shape index (κ1) is 16.7. The van der Waals surface area contributed by atoms with Gasteiger partial charge in [0.1, 0.15) is 6.04 Å². The third kappa shape index (κ3) is 3.32. The monoisotopic (exact) mass is 365 g/mol. The van der Waals surface area contributed by atoms with Crippen molar-refractivity contribution < 1.29 is 9.59 Å². The summed E-state index contributed by atoms with van der Waals surface area (Å²) in [6, 6.07) is 12.9. The molecular weight excluding hydrogens is 346 g/mol. The molecular formula is C20H19N3O2S. The Morgan fingerprint density at radius 2 is 2.12 bits per heavy atom. The standard InChI is InChI=1S/C20H19N3O2S/c24-19(13-14-5-4-12-26-14)23-11-3-9-18(23)20(25)22-17-8-1-7-16-15(17)6-2-10-21-16/h1-2,4-8,10,12,18H,3,9,11,13H2,(H,22,25). The van der Waals surface area contributed by atoms with Gasteiger partial charge in [-0.25, -0.2) is 0 Å². The van der Waals surface area contributed by atoms with Crippen molar-refractivity contribution in [1.82, 2.24) is 9.88 Å². The van der Waals surface area contributed by atoms with Gasteiger partial charge >= 0.3 is 0 Å². The molecule has 0 spiro atoms. The summed E-state index contributed by atoms with van der Waals surface area (Å²) in [5.74, 6) is -0.108. The molecule has 1 aromatic carbocycles. The zero-order valence-electron chi connectivity index (χ0n) is 14.2. The van der Waals surface area contributed by atoms with Gasteiger partial charge < -0.3 is 10.2 Å². The highest BCUT2D eigenvalue weighted by Crippen LogP contribution is 2.25. The Kier molecular flexibility index (Phi) is 4.67. The van der Waals surface area contributed by atoms with Crippen molar-refractivity contribution in [3.05, 3.63) is 58.9 Å². The molecule has 132 valence electrons. The summed E-state index contributed by atoms with van der Waals surface area (Å²) in [4.78, 5) is 32.6. The number of hydrogen-bond acceptors (Lipinski definition) is 4. The van der Waals surface area contributed by atoms with E-state index in [4.69, 9.17) is 0 Å². The van der Waals surface area contributed by atoms with Crippen molar-refractivity contribution in [2.24, 2.45) is 0 Å². The van der Waals surface area contributed by atoms with Crippen molar-refractivity contribution in [3.63, 3.8) is 0 Å². The van der Waals surface area contributed by atoms with Crippen LogP contribution >= 0.6 is 11.3 Å². The number of nitrogens with one attached hydrogen (secondary N) is 1. The average Bonchev–Trinajstić information content (AvgIpc) is 3.33. The van der Waals surface area contributed by atoms with Crippen LogP contribution in [-0.2, 0) is 16.0 Å². The van der Waals surface area contributed by atoms with E-state index in [0.717, 1.165) is 27.9 Å². The molecule has 3 aromatic rings. The van der Waals surface area contributed by atoms with Crippen LogP contribution in [0.25, 0.3) is 10.9 Å². The van der Waals surface area contributed by atoms with E-state index >= 15 is 0 Å². The molecule has 4 rings (SSSR count). The van der Waals surface area contributed by atoms with E-state index < -0.39 is 6.04 Å². The fourth-order valence-corrected chi connectivity index (χ4v) is 4.13. The zero-order valence-corrected chi connectivity index (χ0v) is 15.0. The first-order chi connectivity index (χ1) is 12.7. The Morgan fingerprint density at radius 1 is 1.19 bits per heavy atom. The summed E-state index contributed by atoms with van der Waals surface area (Å²) in [5.41, 5.74) is 1.57. The molecule has 5 nitrogen and oxygen atoms in total. The Balaban J connectivity index is 1.50. The summed E-state index contributed by atoms with van der Waals surface area (Å²) < 4.78 is 0. The lowest BCUT2D eigenvalue weighted by Crippen LogP contribution is -2.43. The summed E-state index contributed by atoms with van der Waals surface area (Å²) in [7, 11) is 0. The van der Waals surface area contributed by atoms with E-state index in [1.807, 2.05) is 47.8 Å². The molecule has 1 N–H and O–H groups in total. The minimum atomic E-state index is -0.408. The highest BCUT2D eigenvalue weighted by Gasteiger charge is 2.34. The molecule has 6 heteroatoms. The van der Waals surface area contributed by atoms with Gasteiger partial charge in [-0.2, -0.15) is 0 Å². The number of hydrogen-bond donors (Lipinski definition) is 1. The predicted octanol–water partition coefficient (Wildman–Crippen LogP) is 3.47. The molecule has 0 bridgehead atoms. The van der Waals surface area contributed by atoms with Crippen molar-refractivity contribution in [3.8, 4) is 0 Å². The number of carbonyl (C=O) groups is 2. The van der Waals surface area contributed by atoms with Crippen LogP contribution in [0.15, 0.2) is 54.0 Å². The van der Waals surface area contributed by atoms with Crippen LogP contribution in [0.1, 0.15) is 17.7 Å². The van der Waals surface area contributed by atoms with Crippen LogP contribution < -0.4 is 5.32 Å². The first-order valence-electron chi connectivity index (χ1n) is 8.69. The second kappa shape index (κ2) is 7.25. The fourth-order valence-electron chi connectivity index (χ4n) is 3.43. The van der Waals surface area contributed by atoms with Crippen LogP contribution in [0.3, 0.4) is 0 Å². The maximum atomic E-state index is 12.9. The van der Waals surface area contributed by atoms with Gasteiger partial charge in [0, 0.05) is 23.0 Å². The summed E-state index contributed by atoms with van der Waals surface area (Å²) >= 11 is 1.57. The van der Waals surface area contributed by atoms with Crippen LogP contribution in [0, 0.1) is 0 Å². The minimum Gasteiger partial charge on any atom is -0.330 e. The van der Waals surface area contributed by atoms with Gasteiger partial charge in [0.25, 0.3) is 0 Å². The van der Waals surface area contributed by atoms with E-state index in [1.165, 1.54) is 0 Å².